The summed E-state index contributed by atoms with van der Waals surface area (Å²) in [6.45, 7) is 2.07. The molecule has 1 aliphatic heterocycles. The Bertz CT molecular complexity index is 571. The summed E-state index contributed by atoms with van der Waals surface area (Å²) in [6.07, 6.45) is 0.209. The number of carbonyl (C=O) groups excluding carboxylic acids is 2. The second-order valence-electron chi connectivity index (χ2n) is 5.09. The number of fused-ring (bicyclic) bond motifs is 1. The van der Waals surface area contributed by atoms with E-state index in [1.54, 1.807) is 4.90 Å². The number of carboxylic acids is 1. The lowest BCUT2D eigenvalue weighted by molar-refractivity contribution is -0.137. The van der Waals surface area contributed by atoms with Gasteiger partial charge in [-0.25, -0.2) is 0 Å². The van der Waals surface area contributed by atoms with Gasteiger partial charge >= 0.3 is 5.97 Å². The van der Waals surface area contributed by atoms with Gasteiger partial charge in [0, 0.05) is 38.0 Å². The zero-order valence-corrected chi connectivity index (χ0v) is 11.8. The van der Waals surface area contributed by atoms with Crippen LogP contribution in [0.2, 0.25) is 0 Å². The Kier molecular flexibility index (Phi) is 4.57. The lowest BCUT2D eigenvalue weighted by Gasteiger charge is -2.17. The topological polar surface area (TPSA) is 86.7 Å². The van der Waals surface area contributed by atoms with E-state index >= 15 is 0 Å². The predicted octanol–water partition coefficient (Wildman–Crippen LogP) is 1.12. The molecule has 6 nitrogen and oxygen atoms in total. The Morgan fingerprint density at radius 2 is 2.05 bits per heavy atom. The van der Waals surface area contributed by atoms with Gasteiger partial charge in [0.25, 0.3) is 0 Å². The molecule has 1 aromatic rings. The standard InChI is InChI=1S/C15H18N2O4/c1-10(18)16-7-6-14(19)17-9-11(8-15(20)21)12-4-2-3-5-13(12)17/h2-5,11H,6-9H2,1H3,(H,16,18)(H,20,21). The molecule has 2 rings (SSSR count). The van der Waals surface area contributed by atoms with E-state index in [9.17, 15) is 14.4 Å². The van der Waals surface area contributed by atoms with E-state index in [-0.39, 0.29) is 37.1 Å². The van der Waals surface area contributed by atoms with Crippen LogP contribution >= 0.6 is 0 Å². The van der Waals surface area contributed by atoms with Gasteiger partial charge in [0.2, 0.25) is 11.8 Å². The molecule has 1 aromatic carbocycles. The maximum Gasteiger partial charge on any atom is 0.304 e. The first-order valence-corrected chi connectivity index (χ1v) is 6.84. The van der Waals surface area contributed by atoms with Crippen LogP contribution in [0.1, 0.15) is 31.2 Å². The van der Waals surface area contributed by atoms with Crippen LogP contribution in [0.3, 0.4) is 0 Å². The second-order valence-corrected chi connectivity index (χ2v) is 5.09. The van der Waals surface area contributed by atoms with Gasteiger partial charge in [-0.15, -0.1) is 0 Å². The Labute approximate surface area is 122 Å². The number of hydrogen-bond donors (Lipinski definition) is 2. The Balaban J connectivity index is 2.09. The highest BCUT2D eigenvalue weighted by molar-refractivity contribution is 5.96. The monoisotopic (exact) mass is 290 g/mol. The number of aliphatic carboxylic acids is 1. The summed E-state index contributed by atoms with van der Waals surface area (Å²) >= 11 is 0. The highest BCUT2D eigenvalue weighted by Crippen LogP contribution is 2.38. The van der Waals surface area contributed by atoms with Gasteiger partial charge in [-0.3, -0.25) is 14.4 Å². The first-order valence-electron chi connectivity index (χ1n) is 6.84. The molecule has 0 aliphatic carbocycles. The molecule has 0 fully saturated rings. The number of amides is 2. The Morgan fingerprint density at radius 1 is 1.33 bits per heavy atom. The number of nitrogens with zero attached hydrogens (tertiary/aromatic N) is 1. The summed E-state index contributed by atoms with van der Waals surface area (Å²) in [6, 6.07) is 7.37. The van der Waals surface area contributed by atoms with E-state index in [0.29, 0.717) is 6.54 Å². The van der Waals surface area contributed by atoms with Gasteiger partial charge in [-0.2, -0.15) is 0 Å². The molecule has 1 aliphatic rings. The van der Waals surface area contributed by atoms with Gasteiger partial charge < -0.3 is 15.3 Å². The lowest BCUT2D eigenvalue weighted by atomic mass is 9.98. The molecule has 2 N–H and O–H groups in total. The molecule has 21 heavy (non-hydrogen) atoms. The summed E-state index contributed by atoms with van der Waals surface area (Å²) in [4.78, 5) is 35.6. The summed E-state index contributed by atoms with van der Waals surface area (Å²) in [7, 11) is 0. The van der Waals surface area contributed by atoms with Crippen LogP contribution in [-0.4, -0.2) is 36.0 Å². The molecular formula is C15H18N2O4. The van der Waals surface area contributed by atoms with Crippen LogP contribution < -0.4 is 10.2 Å². The number of anilines is 1. The first kappa shape index (κ1) is 15.0. The van der Waals surface area contributed by atoms with Crippen molar-refractivity contribution in [1.29, 1.82) is 0 Å². The molecule has 112 valence electrons. The fourth-order valence-corrected chi connectivity index (χ4v) is 2.60. The van der Waals surface area contributed by atoms with Crippen molar-refractivity contribution in [2.75, 3.05) is 18.0 Å². The Hall–Kier alpha value is -2.37. The molecular weight excluding hydrogens is 272 g/mol. The third-order valence-corrected chi connectivity index (χ3v) is 3.51. The number of hydrogen-bond acceptors (Lipinski definition) is 3. The molecule has 1 heterocycles. The van der Waals surface area contributed by atoms with Crippen molar-refractivity contribution in [3.63, 3.8) is 0 Å². The summed E-state index contributed by atoms with van der Waals surface area (Å²) in [5.74, 6) is -1.33. The highest BCUT2D eigenvalue weighted by atomic mass is 16.4. The highest BCUT2D eigenvalue weighted by Gasteiger charge is 2.32. The van der Waals surface area contributed by atoms with Crippen molar-refractivity contribution in [2.45, 2.75) is 25.7 Å². The average Bonchev–Trinajstić information content (AvgIpc) is 2.77. The minimum Gasteiger partial charge on any atom is -0.481 e. The fraction of sp³-hybridized carbons (Fsp3) is 0.400. The van der Waals surface area contributed by atoms with Crippen LogP contribution in [-0.2, 0) is 14.4 Å². The van der Waals surface area contributed by atoms with E-state index < -0.39 is 5.97 Å². The predicted molar refractivity (Wildman–Crippen MR) is 77.1 cm³/mol. The fourth-order valence-electron chi connectivity index (χ4n) is 2.60. The molecule has 2 amide bonds. The smallest absolute Gasteiger partial charge is 0.304 e. The van der Waals surface area contributed by atoms with E-state index in [0.717, 1.165) is 11.3 Å². The number of rotatable bonds is 5. The molecule has 0 saturated heterocycles. The van der Waals surface area contributed by atoms with Gasteiger partial charge in [-0.05, 0) is 11.6 Å². The number of carbonyl (C=O) groups is 3. The number of para-hydroxylation sites is 1. The van der Waals surface area contributed by atoms with Crippen LogP contribution in [0.4, 0.5) is 5.69 Å². The lowest BCUT2D eigenvalue weighted by Crippen LogP contribution is -2.33. The van der Waals surface area contributed by atoms with Crippen molar-refractivity contribution >= 4 is 23.5 Å². The van der Waals surface area contributed by atoms with Crippen molar-refractivity contribution in [3.05, 3.63) is 29.8 Å². The molecule has 0 aromatic heterocycles. The first-order chi connectivity index (χ1) is 9.99. The van der Waals surface area contributed by atoms with Crippen LogP contribution in [0.5, 0.6) is 0 Å². The van der Waals surface area contributed by atoms with Gasteiger partial charge in [-0.1, -0.05) is 18.2 Å². The molecule has 6 heteroatoms. The average molecular weight is 290 g/mol. The summed E-state index contributed by atoms with van der Waals surface area (Å²) < 4.78 is 0. The van der Waals surface area contributed by atoms with E-state index in [2.05, 4.69) is 5.32 Å². The van der Waals surface area contributed by atoms with Gasteiger partial charge in [0.05, 0.1) is 6.42 Å². The van der Waals surface area contributed by atoms with Gasteiger partial charge in [0.15, 0.2) is 0 Å². The number of benzene rings is 1. The Morgan fingerprint density at radius 3 is 2.71 bits per heavy atom. The van der Waals surface area contributed by atoms with Crippen LogP contribution in [0, 0.1) is 0 Å². The molecule has 1 unspecified atom stereocenters. The summed E-state index contributed by atoms with van der Waals surface area (Å²) in [5, 5.41) is 11.6. The van der Waals surface area contributed by atoms with Crippen molar-refractivity contribution in [2.24, 2.45) is 0 Å². The minimum atomic E-state index is -0.873. The minimum absolute atomic E-state index is 0.00644. The maximum absolute atomic E-state index is 12.2. The third kappa shape index (κ3) is 3.59. The number of carboxylic acid groups (broad SMARTS) is 1. The van der Waals surface area contributed by atoms with E-state index in [4.69, 9.17) is 5.11 Å². The van der Waals surface area contributed by atoms with Crippen LogP contribution in [0.25, 0.3) is 0 Å². The zero-order valence-electron chi connectivity index (χ0n) is 11.8. The molecule has 0 saturated carbocycles. The van der Waals surface area contributed by atoms with Crippen molar-refractivity contribution in [1.82, 2.24) is 5.32 Å². The molecule has 1 atom stereocenters. The molecule has 0 spiro atoms. The molecule has 0 radical (unpaired) electrons. The van der Waals surface area contributed by atoms with Gasteiger partial charge in [0.1, 0.15) is 0 Å². The normalized spacial score (nSPS) is 16.4. The van der Waals surface area contributed by atoms with Crippen molar-refractivity contribution < 1.29 is 19.5 Å². The number of nitrogens with one attached hydrogen (secondary N) is 1. The third-order valence-electron chi connectivity index (χ3n) is 3.51. The van der Waals surface area contributed by atoms with E-state index in [1.165, 1.54) is 6.92 Å². The quantitative estimate of drug-likeness (QED) is 0.850. The maximum atomic E-state index is 12.2. The summed E-state index contributed by atoms with van der Waals surface area (Å²) in [5.41, 5.74) is 1.67. The largest absolute Gasteiger partial charge is 0.481 e. The van der Waals surface area contributed by atoms with Crippen LogP contribution in [0.15, 0.2) is 24.3 Å². The second kappa shape index (κ2) is 6.39. The van der Waals surface area contributed by atoms with E-state index in [1.807, 2.05) is 24.3 Å². The zero-order chi connectivity index (χ0) is 15.4. The van der Waals surface area contributed by atoms with Crippen molar-refractivity contribution in [3.8, 4) is 0 Å². The molecule has 0 bridgehead atoms. The SMILES string of the molecule is CC(=O)NCCC(=O)N1CC(CC(=O)O)c2ccccc21.